The van der Waals surface area contributed by atoms with E-state index in [2.05, 4.69) is 47.4 Å². The van der Waals surface area contributed by atoms with Crippen molar-refractivity contribution in [2.75, 3.05) is 26.2 Å². The van der Waals surface area contributed by atoms with Crippen LogP contribution in [0.15, 0.2) is 91.0 Å². The van der Waals surface area contributed by atoms with Crippen LogP contribution in [-0.4, -0.2) is 54.2 Å². The number of amides is 1. The average molecular weight is 513 g/mol. The van der Waals surface area contributed by atoms with Crippen molar-refractivity contribution >= 4 is 6.09 Å². The Labute approximate surface area is 227 Å². The van der Waals surface area contributed by atoms with Crippen molar-refractivity contribution in [3.8, 4) is 5.75 Å². The Hall–Kier alpha value is -3.31. The molecule has 1 saturated carbocycles. The lowest BCUT2D eigenvalue weighted by atomic mass is 9.88. The first-order valence-corrected chi connectivity index (χ1v) is 14.2. The number of hydrogen-bond donors (Lipinski definition) is 0. The number of benzene rings is 3. The van der Waals surface area contributed by atoms with Gasteiger partial charge in [0, 0.05) is 32.2 Å². The molecule has 0 N–H and O–H groups in total. The van der Waals surface area contributed by atoms with E-state index in [0.717, 1.165) is 56.6 Å². The Morgan fingerprint density at radius 1 is 0.868 bits per heavy atom. The number of nitrogens with zero attached hydrogens (tertiary/aromatic N) is 2. The van der Waals surface area contributed by atoms with E-state index in [1.807, 2.05) is 60.4 Å². The lowest BCUT2D eigenvalue weighted by Crippen LogP contribution is -2.48. The first-order chi connectivity index (χ1) is 18.7. The van der Waals surface area contributed by atoms with Gasteiger partial charge in [-0.1, -0.05) is 78.9 Å². The highest BCUT2D eigenvalue weighted by Gasteiger charge is 2.38. The van der Waals surface area contributed by atoms with Crippen molar-refractivity contribution in [2.24, 2.45) is 5.92 Å². The Balaban J connectivity index is 1.16. The van der Waals surface area contributed by atoms with Crippen LogP contribution in [0.4, 0.5) is 4.79 Å². The van der Waals surface area contributed by atoms with Crippen LogP contribution in [0.3, 0.4) is 0 Å². The van der Waals surface area contributed by atoms with Gasteiger partial charge < -0.3 is 19.3 Å². The highest BCUT2D eigenvalue weighted by Crippen LogP contribution is 2.42. The maximum Gasteiger partial charge on any atom is 0.410 e. The van der Waals surface area contributed by atoms with Crippen molar-refractivity contribution < 1.29 is 14.3 Å². The van der Waals surface area contributed by atoms with Crippen LogP contribution in [0.5, 0.6) is 5.75 Å². The molecule has 2 fully saturated rings. The van der Waals surface area contributed by atoms with Gasteiger partial charge in [0.2, 0.25) is 0 Å². The fourth-order valence-electron chi connectivity index (χ4n) is 6.26. The Morgan fingerprint density at radius 3 is 2.16 bits per heavy atom. The molecule has 5 rings (SSSR count). The standard InChI is InChI=1S/C33H40N2O3/c1-2-35(33(36)37-25-26-12-6-3-7-13-26)29-18-20-34(21-19-29)24-28-22-31(38-30-16-10-5-11-17-30)23-32(28)27-14-8-4-9-15-27/h3-17,28-29,31-32H,2,18-25H2,1H3. The number of piperidine rings is 1. The highest BCUT2D eigenvalue weighted by molar-refractivity contribution is 5.68. The number of likely N-dealkylation sites (tertiary alicyclic amines) is 1. The molecule has 2 aliphatic rings. The molecule has 0 aromatic heterocycles. The normalized spacial score (nSPS) is 22.2. The summed E-state index contributed by atoms with van der Waals surface area (Å²) in [7, 11) is 0. The average Bonchev–Trinajstić information content (AvgIpc) is 3.36. The second-order valence-corrected chi connectivity index (χ2v) is 10.7. The van der Waals surface area contributed by atoms with Crippen molar-refractivity contribution in [2.45, 2.75) is 57.3 Å². The molecule has 0 radical (unpaired) electrons. The van der Waals surface area contributed by atoms with E-state index in [-0.39, 0.29) is 18.2 Å². The summed E-state index contributed by atoms with van der Waals surface area (Å²) < 4.78 is 12.1. The third kappa shape index (κ3) is 6.76. The minimum Gasteiger partial charge on any atom is -0.490 e. The SMILES string of the molecule is CCN(C(=O)OCc1ccccc1)C1CCN(CC2CC(Oc3ccccc3)CC2c2ccccc2)CC1. The fourth-order valence-corrected chi connectivity index (χ4v) is 6.26. The van der Waals surface area contributed by atoms with Gasteiger partial charge in [-0.15, -0.1) is 0 Å². The van der Waals surface area contributed by atoms with Gasteiger partial charge in [-0.25, -0.2) is 4.79 Å². The smallest absolute Gasteiger partial charge is 0.410 e. The van der Waals surface area contributed by atoms with Crippen LogP contribution in [-0.2, 0) is 11.3 Å². The number of ether oxygens (including phenoxy) is 2. The number of carbonyl (C=O) groups excluding carboxylic acids is 1. The minimum absolute atomic E-state index is 0.198. The van der Waals surface area contributed by atoms with E-state index in [9.17, 15) is 4.79 Å². The van der Waals surface area contributed by atoms with Gasteiger partial charge in [-0.3, -0.25) is 0 Å². The molecule has 3 unspecified atom stereocenters. The molecule has 1 saturated heterocycles. The van der Waals surface area contributed by atoms with E-state index in [0.29, 0.717) is 25.0 Å². The Kier molecular flexibility index (Phi) is 8.98. The molecule has 1 amide bonds. The van der Waals surface area contributed by atoms with Gasteiger partial charge in [0.1, 0.15) is 12.4 Å². The number of rotatable bonds is 9. The maximum absolute atomic E-state index is 12.9. The molecular formula is C33H40N2O3. The van der Waals surface area contributed by atoms with Gasteiger partial charge in [0.25, 0.3) is 0 Å². The summed E-state index contributed by atoms with van der Waals surface area (Å²) in [6.07, 6.45) is 4.14. The first kappa shape index (κ1) is 26.3. The molecule has 3 atom stereocenters. The molecule has 1 aliphatic heterocycles. The van der Waals surface area contributed by atoms with Crippen molar-refractivity contribution in [3.63, 3.8) is 0 Å². The second kappa shape index (κ2) is 13.0. The van der Waals surface area contributed by atoms with Crippen LogP contribution in [0.25, 0.3) is 0 Å². The summed E-state index contributed by atoms with van der Waals surface area (Å²) >= 11 is 0. The largest absolute Gasteiger partial charge is 0.490 e. The zero-order valence-corrected chi connectivity index (χ0v) is 22.5. The predicted octanol–water partition coefficient (Wildman–Crippen LogP) is 6.75. The molecule has 5 heteroatoms. The van der Waals surface area contributed by atoms with E-state index in [1.165, 1.54) is 5.56 Å². The van der Waals surface area contributed by atoms with Gasteiger partial charge >= 0.3 is 6.09 Å². The third-order valence-electron chi connectivity index (χ3n) is 8.20. The molecular weight excluding hydrogens is 472 g/mol. The van der Waals surface area contributed by atoms with Gasteiger partial charge in [0.05, 0.1) is 6.10 Å². The zero-order valence-electron chi connectivity index (χ0n) is 22.5. The minimum atomic E-state index is -0.198. The van der Waals surface area contributed by atoms with Gasteiger partial charge in [-0.05, 0) is 67.7 Å². The van der Waals surface area contributed by atoms with Crippen molar-refractivity contribution in [1.82, 2.24) is 9.80 Å². The van der Waals surface area contributed by atoms with E-state index >= 15 is 0 Å². The molecule has 0 bridgehead atoms. The van der Waals surface area contributed by atoms with Crippen LogP contribution in [0.2, 0.25) is 0 Å². The summed E-state index contributed by atoms with van der Waals surface area (Å²) in [5.74, 6) is 2.02. The Bertz CT molecular complexity index is 1120. The summed E-state index contributed by atoms with van der Waals surface area (Å²) in [5.41, 5.74) is 2.44. The van der Waals surface area contributed by atoms with Crippen molar-refractivity contribution in [3.05, 3.63) is 102 Å². The van der Waals surface area contributed by atoms with Gasteiger partial charge in [0.15, 0.2) is 0 Å². The van der Waals surface area contributed by atoms with Crippen LogP contribution >= 0.6 is 0 Å². The van der Waals surface area contributed by atoms with E-state index in [4.69, 9.17) is 9.47 Å². The number of carbonyl (C=O) groups is 1. The highest BCUT2D eigenvalue weighted by atomic mass is 16.6. The quantitative estimate of drug-likeness (QED) is 0.318. The number of para-hydroxylation sites is 1. The van der Waals surface area contributed by atoms with Crippen LogP contribution in [0.1, 0.15) is 49.7 Å². The topological polar surface area (TPSA) is 42.0 Å². The molecule has 38 heavy (non-hydrogen) atoms. The third-order valence-corrected chi connectivity index (χ3v) is 8.20. The monoisotopic (exact) mass is 512 g/mol. The van der Waals surface area contributed by atoms with E-state index in [1.54, 1.807) is 0 Å². The molecule has 0 spiro atoms. The predicted molar refractivity (Wildman–Crippen MR) is 151 cm³/mol. The maximum atomic E-state index is 12.9. The molecule has 3 aromatic rings. The molecule has 1 heterocycles. The summed E-state index contributed by atoms with van der Waals surface area (Å²) in [4.78, 5) is 17.4. The molecule has 200 valence electrons. The lowest BCUT2D eigenvalue weighted by molar-refractivity contribution is 0.0599. The summed E-state index contributed by atoms with van der Waals surface area (Å²) in [5, 5.41) is 0. The number of hydrogen-bond acceptors (Lipinski definition) is 4. The fraction of sp³-hybridized carbons (Fsp3) is 0.424. The lowest BCUT2D eigenvalue weighted by Gasteiger charge is -2.39. The molecule has 1 aliphatic carbocycles. The summed E-state index contributed by atoms with van der Waals surface area (Å²) in [6.45, 7) is 6.14. The first-order valence-electron chi connectivity index (χ1n) is 14.2. The second-order valence-electron chi connectivity index (χ2n) is 10.7. The van der Waals surface area contributed by atoms with Crippen LogP contribution in [0, 0.1) is 5.92 Å². The van der Waals surface area contributed by atoms with E-state index < -0.39 is 0 Å². The van der Waals surface area contributed by atoms with Gasteiger partial charge in [-0.2, -0.15) is 0 Å². The Morgan fingerprint density at radius 2 is 1.50 bits per heavy atom. The molecule has 5 nitrogen and oxygen atoms in total. The summed E-state index contributed by atoms with van der Waals surface area (Å²) in [6, 6.07) is 31.3. The van der Waals surface area contributed by atoms with Crippen LogP contribution < -0.4 is 4.74 Å². The zero-order chi connectivity index (χ0) is 26.2. The van der Waals surface area contributed by atoms with Crippen molar-refractivity contribution in [1.29, 1.82) is 0 Å². The molecule has 3 aromatic carbocycles.